The second kappa shape index (κ2) is 8.89. The number of fused-ring (bicyclic) bond motifs is 2. The monoisotopic (exact) mass is 428 g/mol. The van der Waals surface area contributed by atoms with Gasteiger partial charge in [0.1, 0.15) is 23.5 Å². The van der Waals surface area contributed by atoms with Crippen molar-refractivity contribution in [1.82, 2.24) is 24.8 Å². The molecule has 4 rings (SSSR count). The van der Waals surface area contributed by atoms with Gasteiger partial charge in [0, 0.05) is 51.1 Å². The lowest BCUT2D eigenvalue weighted by Crippen LogP contribution is -2.34. The predicted octanol–water partition coefficient (Wildman–Crippen LogP) is 3.42. The fraction of sp³-hybridized carbons (Fsp3) is 0.381. The molecule has 3 heterocycles. The largest absolute Gasteiger partial charge is 0.492 e. The molecule has 9 heteroatoms. The summed E-state index contributed by atoms with van der Waals surface area (Å²) in [6.45, 7) is 2.55. The van der Waals surface area contributed by atoms with Gasteiger partial charge in [-0.05, 0) is 31.2 Å². The van der Waals surface area contributed by atoms with Gasteiger partial charge in [0.2, 0.25) is 5.91 Å². The number of nitrogens with one attached hydrogen (secondary N) is 2. The highest BCUT2D eigenvalue weighted by Gasteiger charge is 2.16. The van der Waals surface area contributed by atoms with Crippen LogP contribution in [0.4, 0.5) is 11.5 Å². The minimum absolute atomic E-state index is 0.112. The smallest absolute Gasteiger partial charge is 0.222 e. The van der Waals surface area contributed by atoms with Crippen LogP contribution in [0.5, 0.6) is 5.75 Å². The van der Waals surface area contributed by atoms with E-state index in [9.17, 15) is 4.79 Å². The number of aromatic amines is 1. The number of hydrogen-bond donors (Lipinski definition) is 2. The van der Waals surface area contributed by atoms with E-state index in [4.69, 9.17) is 16.3 Å². The van der Waals surface area contributed by atoms with Gasteiger partial charge in [0.05, 0.1) is 17.0 Å². The molecule has 0 aliphatic carbocycles. The first kappa shape index (κ1) is 20.4. The van der Waals surface area contributed by atoms with Crippen LogP contribution in [-0.4, -0.2) is 64.5 Å². The molecule has 30 heavy (non-hydrogen) atoms. The Morgan fingerprint density at radius 2 is 2.07 bits per heavy atom. The molecule has 2 aromatic heterocycles. The molecular formula is C21H25ClN6O2. The average molecular weight is 429 g/mol. The van der Waals surface area contributed by atoms with E-state index in [0.717, 1.165) is 34.6 Å². The van der Waals surface area contributed by atoms with Crippen molar-refractivity contribution in [2.45, 2.75) is 19.4 Å². The third-order valence-electron chi connectivity index (χ3n) is 5.22. The Labute approximate surface area is 180 Å². The van der Waals surface area contributed by atoms with Crippen molar-refractivity contribution in [3.05, 3.63) is 41.3 Å². The van der Waals surface area contributed by atoms with Crippen molar-refractivity contribution < 1.29 is 9.53 Å². The molecular weight excluding hydrogens is 404 g/mol. The number of amides is 1. The van der Waals surface area contributed by atoms with E-state index >= 15 is 0 Å². The normalized spacial score (nSPS) is 16.8. The van der Waals surface area contributed by atoms with E-state index in [0.29, 0.717) is 43.3 Å². The zero-order valence-electron chi connectivity index (χ0n) is 17.1. The van der Waals surface area contributed by atoms with Gasteiger partial charge in [-0.25, -0.2) is 9.97 Å². The number of rotatable bonds is 0. The Morgan fingerprint density at radius 1 is 1.20 bits per heavy atom. The van der Waals surface area contributed by atoms with Crippen molar-refractivity contribution in [1.29, 1.82) is 0 Å². The van der Waals surface area contributed by atoms with Crippen molar-refractivity contribution in [3.63, 3.8) is 0 Å². The van der Waals surface area contributed by atoms with Gasteiger partial charge in [0.25, 0.3) is 0 Å². The van der Waals surface area contributed by atoms with Gasteiger partial charge in [0.15, 0.2) is 0 Å². The SMILES string of the molecule is CN1CCN(C)C(=O)CCCOc2cc(ccc2Cl)Nc2ncnc3[nH]cc(c23)C1. The van der Waals surface area contributed by atoms with Crippen LogP contribution in [0.15, 0.2) is 30.7 Å². The summed E-state index contributed by atoms with van der Waals surface area (Å²) in [5.74, 6) is 1.40. The Morgan fingerprint density at radius 3 is 2.93 bits per heavy atom. The van der Waals surface area contributed by atoms with Crippen molar-refractivity contribution in [2.24, 2.45) is 0 Å². The van der Waals surface area contributed by atoms with Gasteiger partial charge in [-0.2, -0.15) is 0 Å². The Bertz CT molecular complexity index is 1050. The molecule has 0 radical (unpaired) electrons. The maximum atomic E-state index is 12.4. The van der Waals surface area contributed by atoms with Crippen molar-refractivity contribution >= 4 is 40.0 Å². The number of hydrogen-bond acceptors (Lipinski definition) is 6. The lowest BCUT2D eigenvalue weighted by molar-refractivity contribution is -0.130. The summed E-state index contributed by atoms with van der Waals surface area (Å²) in [5, 5.41) is 4.84. The first-order valence-electron chi connectivity index (χ1n) is 9.94. The highest BCUT2D eigenvalue weighted by molar-refractivity contribution is 6.32. The summed E-state index contributed by atoms with van der Waals surface area (Å²) < 4.78 is 5.84. The van der Waals surface area contributed by atoms with Crippen LogP contribution in [0.3, 0.4) is 0 Å². The minimum Gasteiger partial charge on any atom is -0.492 e. The second-order valence-electron chi connectivity index (χ2n) is 7.54. The summed E-state index contributed by atoms with van der Waals surface area (Å²) in [6.07, 6.45) is 4.56. The molecule has 8 nitrogen and oxygen atoms in total. The number of aromatic nitrogens is 3. The Kier molecular flexibility index (Phi) is 6.06. The molecule has 158 valence electrons. The maximum Gasteiger partial charge on any atom is 0.222 e. The standard InChI is InChI=1S/C21H25ClN6O2/c1-27-7-8-28(2)18(29)4-3-9-30-17-10-15(5-6-16(17)22)26-21-19-14(12-27)11-23-20(19)24-13-25-21/h5-6,10-11,13H,3-4,7-9,12H2,1-2H3,(H2,23,24,25,26). The maximum absolute atomic E-state index is 12.4. The Balaban J connectivity index is 1.70. The van der Waals surface area contributed by atoms with E-state index < -0.39 is 0 Å². The molecule has 1 aliphatic rings. The number of carbonyl (C=O) groups excluding carboxylic acids is 1. The number of carbonyl (C=O) groups is 1. The summed E-state index contributed by atoms with van der Waals surface area (Å²) in [6, 6.07) is 5.52. The molecule has 2 bridgehead atoms. The summed E-state index contributed by atoms with van der Waals surface area (Å²) in [5.41, 5.74) is 2.67. The number of halogens is 1. The third kappa shape index (κ3) is 4.49. The van der Waals surface area contributed by atoms with Crippen LogP contribution in [0.1, 0.15) is 18.4 Å². The lowest BCUT2D eigenvalue weighted by Gasteiger charge is -2.22. The van der Waals surface area contributed by atoms with Crippen LogP contribution in [-0.2, 0) is 11.3 Å². The van der Waals surface area contributed by atoms with E-state index in [1.807, 2.05) is 32.4 Å². The molecule has 0 spiro atoms. The zero-order valence-corrected chi connectivity index (χ0v) is 17.9. The molecule has 0 atom stereocenters. The van der Waals surface area contributed by atoms with Crippen molar-refractivity contribution in [3.8, 4) is 5.75 Å². The molecule has 1 amide bonds. The fourth-order valence-electron chi connectivity index (χ4n) is 3.49. The van der Waals surface area contributed by atoms with Crippen LogP contribution < -0.4 is 10.1 Å². The average Bonchev–Trinajstić information content (AvgIpc) is 3.14. The molecule has 2 N–H and O–H groups in total. The zero-order chi connectivity index (χ0) is 21.1. The van der Waals surface area contributed by atoms with E-state index in [-0.39, 0.29) is 5.91 Å². The predicted molar refractivity (Wildman–Crippen MR) is 117 cm³/mol. The van der Waals surface area contributed by atoms with E-state index in [2.05, 4.69) is 25.2 Å². The number of likely N-dealkylation sites (N-methyl/N-ethyl adjacent to an activating group) is 2. The molecule has 0 saturated carbocycles. The molecule has 0 fully saturated rings. The number of H-pyrrole nitrogens is 1. The number of benzene rings is 1. The van der Waals surface area contributed by atoms with Crippen LogP contribution in [0, 0.1) is 0 Å². The van der Waals surface area contributed by atoms with Crippen LogP contribution >= 0.6 is 11.6 Å². The summed E-state index contributed by atoms with van der Waals surface area (Å²) >= 11 is 6.30. The van der Waals surface area contributed by atoms with E-state index in [1.54, 1.807) is 11.0 Å². The third-order valence-corrected chi connectivity index (χ3v) is 5.53. The molecule has 0 saturated heterocycles. The first-order valence-corrected chi connectivity index (χ1v) is 10.3. The number of ether oxygens (including phenoxy) is 1. The van der Waals surface area contributed by atoms with Crippen molar-refractivity contribution in [2.75, 3.05) is 39.1 Å². The molecule has 0 unspecified atom stereocenters. The molecule has 1 aromatic carbocycles. The minimum atomic E-state index is 0.112. The molecule has 1 aliphatic heterocycles. The van der Waals surface area contributed by atoms with Gasteiger partial charge < -0.3 is 24.8 Å². The summed E-state index contributed by atoms with van der Waals surface area (Å²) in [4.78, 5) is 28.4. The molecule has 3 aromatic rings. The lowest BCUT2D eigenvalue weighted by atomic mass is 10.2. The van der Waals surface area contributed by atoms with Crippen LogP contribution in [0.25, 0.3) is 11.0 Å². The van der Waals surface area contributed by atoms with Gasteiger partial charge in [-0.15, -0.1) is 0 Å². The van der Waals surface area contributed by atoms with Gasteiger partial charge in [-0.3, -0.25) is 4.79 Å². The highest BCUT2D eigenvalue weighted by atomic mass is 35.5. The van der Waals surface area contributed by atoms with Gasteiger partial charge in [-0.1, -0.05) is 11.6 Å². The number of anilines is 2. The second-order valence-corrected chi connectivity index (χ2v) is 7.94. The topological polar surface area (TPSA) is 86.4 Å². The quantitative estimate of drug-likeness (QED) is 0.570. The van der Waals surface area contributed by atoms with Gasteiger partial charge >= 0.3 is 0 Å². The van der Waals surface area contributed by atoms with Crippen LogP contribution in [0.2, 0.25) is 5.02 Å². The first-order chi connectivity index (χ1) is 14.5. The summed E-state index contributed by atoms with van der Waals surface area (Å²) in [7, 11) is 3.88. The Hall–Kier alpha value is -2.84. The fourth-order valence-corrected chi connectivity index (χ4v) is 3.66. The van der Waals surface area contributed by atoms with E-state index in [1.165, 1.54) is 6.33 Å². The highest BCUT2D eigenvalue weighted by Crippen LogP contribution is 2.32. The number of nitrogens with zero attached hydrogens (tertiary/aromatic N) is 4.